The lowest BCUT2D eigenvalue weighted by atomic mass is 9.86. The maximum atomic E-state index is 14.0. The predicted molar refractivity (Wildman–Crippen MR) is 514 cm³/mol. The molecule has 10 aromatic heterocycles. The van der Waals surface area contributed by atoms with E-state index in [0.717, 1.165) is 180 Å². The van der Waals surface area contributed by atoms with Crippen LogP contribution in [0.25, 0.3) is 89.6 Å². The second-order valence-electron chi connectivity index (χ2n) is 35.5. The van der Waals surface area contributed by atoms with Crippen LogP contribution in [0.2, 0.25) is 0 Å². The lowest BCUT2D eigenvalue weighted by molar-refractivity contribution is 0.200. The Morgan fingerprint density at radius 2 is 0.606 bits per heavy atom. The molecular weight excluding hydrogens is 1740 g/mol. The highest BCUT2D eigenvalue weighted by atomic mass is 19.1. The van der Waals surface area contributed by atoms with Gasteiger partial charge in [0.05, 0.1) is 118 Å². The van der Waals surface area contributed by atoms with Crippen molar-refractivity contribution in [1.82, 2.24) is 98.7 Å². The van der Waals surface area contributed by atoms with E-state index >= 15 is 0 Å². The number of aromatic nitrogens is 20. The maximum absolute atomic E-state index is 14.0. The fourth-order valence-corrected chi connectivity index (χ4v) is 17.6. The van der Waals surface area contributed by atoms with Crippen LogP contribution in [-0.4, -0.2) is 162 Å². The van der Waals surface area contributed by atoms with E-state index < -0.39 is 11.6 Å². The third-order valence-corrected chi connectivity index (χ3v) is 25.6. The molecule has 0 amide bonds. The van der Waals surface area contributed by atoms with Crippen molar-refractivity contribution in [3.63, 3.8) is 0 Å². The summed E-state index contributed by atoms with van der Waals surface area (Å²) in [5.41, 5.74) is 42.1. The lowest BCUT2D eigenvalue weighted by Crippen LogP contribution is -2.29. The summed E-state index contributed by atoms with van der Waals surface area (Å²) in [6.45, 7) is 12.8. The first-order chi connectivity index (χ1) is 67.0. The number of aryl methyl sites for hydroxylation is 1. The summed E-state index contributed by atoms with van der Waals surface area (Å²) in [7, 11) is 0. The molecule has 0 saturated heterocycles. The molecule has 20 rings (SSSR count). The maximum Gasteiger partial charge on any atom is 0.212 e. The first-order valence-electron chi connectivity index (χ1n) is 46.7. The lowest BCUT2D eigenvalue weighted by Gasteiger charge is -2.26. The molecule has 31 nitrogen and oxygen atoms in total. The Balaban J connectivity index is 0.000000124. The number of hydrogen-bond acceptors (Lipinski definition) is 25. The largest absolute Gasteiger partial charge is 0.489 e. The number of nitrogens with two attached hydrogens (primary N) is 5. The second kappa shape index (κ2) is 47.2. The van der Waals surface area contributed by atoms with Gasteiger partial charge in [-0.1, -0.05) is 66.7 Å². The topological polar surface area (TPSA) is 401 Å². The van der Waals surface area contributed by atoms with Crippen molar-refractivity contribution in [2.75, 3.05) is 38.3 Å². The fourth-order valence-electron chi connectivity index (χ4n) is 17.6. The summed E-state index contributed by atoms with van der Waals surface area (Å²) in [5, 5.41) is 25.0. The van der Waals surface area contributed by atoms with Crippen molar-refractivity contribution in [2.45, 2.75) is 166 Å². The van der Waals surface area contributed by atoms with Gasteiger partial charge in [0, 0.05) is 95.6 Å². The minimum atomic E-state index is -0.675. The van der Waals surface area contributed by atoms with Gasteiger partial charge in [0.25, 0.3) is 0 Å². The highest BCUT2D eigenvalue weighted by Gasteiger charge is 2.28. The van der Waals surface area contributed by atoms with Gasteiger partial charge in [0.1, 0.15) is 83.1 Å². The summed E-state index contributed by atoms with van der Waals surface area (Å²) < 4.78 is 88.1. The molecule has 5 fully saturated rings. The second-order valence-corrected chi connectivity index (χ2v) is 35.5. The van der Waals surface area contributed by atoms with E-state index in [2.05, 4.69) is 105 Å². The number of nitrogens with zero attached hydrogens (tertiary/aromatic N) is 21. The molecule has 0 spiro atoms. The molecule has 5 aliphatic carbocycles. The van der Waals surface area contributed by atoms with Crippen LogP contribution in [-0.2, 0) is 0 Å². The highest BCUT2D eigenvalue weighted by molar-refractivity contribution is 5.73. The Hall–Kier alpha value is -14.4. The number of ether oxygens (including phenoxy) is 4. The van der Waals surface area contributed by atoms with E-state index in [1.54, 1.807) is 128 Å². The van der Waals surface area contributed by atoms with E-state index in [4.69, 9.17) is 54.2 Å². The molecule has 0 bridgehead atoms. The molecular formula is C102H113F4N27O4. The van der Waals surface area contributed by atoms with Crippen molar-refractivity contribution in [1.29, 1.82) is 0 Å². The van der Waals surface area contributed by atoms with Crippen LogP contribution in [0.15, 0.2) is 240 Å². The molecule has 5 aromatic carbocycles. The zero-order chi connectivity index (χ0) is 94.8. The Morgan fingerprint density at radius 1 is 0.321 bits per heavy atom. The number of rotatable bonds is 25. The standard InChI is InChI=1S/C21H22N6O.C21H25N5O.C20H22F2N6.2C20H22FN5O/c1-23-18-4-2-3-5-19(18)27-12-16(10-26-27)21-20(11-24-14-25-21)28-13-15-6-8-17(22)9-7-15;1-15-4-2-3-5-19(15)26-12-17(10-25-26)21-20(11-23-14-24-21)27-13-16-6-8-18(22)9-7-16;21-16-2-1-3-17(22)20(16)28-11-14(9-27-28)19-18(10-24-12-26-19)25-8-13-4-6-15(23)7-5-13;2*21-17-3-1-2-4-18(17)26-11-15(9-25-26)20-19(10-23-13-24-20)27-12-14-5-7-16(22)8-6-14/h2-5,10-12,14-15,17H,6-9,13,22H2;2-5,10-12,14,16,18H,6-9,13,22H2,1H3;1-3,9-13,15,25H,4-8,23H2;2*1-4,9-11,13-14,16H,5-8,12,22H2. The molecule has 0 aliphatic heterocycles. The SMILES string of the molecule is Cc1ccccc1-n1cc(-c2ncncc2OCC2CCC(N)CC2)cn1.NC1CCC(CNc2cncnc2-c2cnn(-c3c(F)cccc3F)c2)CC1.NC1CCC(COc2cncnc2-c2cnn(-c3ccccc3F)c2)CC1.NC1CCC(COc2cncnc2-c2cnn(-c3ccccc3F)c2)CC1.[C-]#[N+]c1ccccc1-n1cc(-c2ncncc2OCC2CCC(N)CC2)cn1. The van der Waals surface area contributed by atoms with Crippen LogP contribution in [0.5, 0.6) is 23.0 Å². The molecule has 11 N–H and O–H groups in total. The summed E-state index contributed by atoms with van der Waals surface area (Å²) >= 11 is 0. The van der Waals surface area contributed by atoms with Gasteiger partial charge in [-0.15, -0.1) is 0 Å². The van der Waals surface area contributed by atoms with E-state index in [-0.39, 0.29) is 17.3 Å². The monoisotopic (exact) mass is 1860 g/mol. The fraction of sp³-hybridized carbons (Fsp3) is 0.353. The molecule has 0 radical (unpaired) electrons. The number of benzene rings is 5. The minimum absolute atomic E-state index is 0.212. The Morgan fingerprint density at radius 3 is 0.971 bits per heavy atom. The summed E-state index contributed by atoms with van der Waals surface area (Å²) in [6.07, 6.45) is 54.7. The summed E-state index contributed by atoms with van der Waals surface area (Å²) in [6, 6.07) is 33.9. The van der Waals surface area contributed by atoms with Crippen molar-refractivity contribution in [2.24, 2.45) is 58.3 Å². The third-order valence-electron chi connectivity index (χ3n) is 25.6. The van der Waals surface area contributed by atoms with Crippen molar-refractivity contribution in [3.05, 3.63) is 280 Å². The van der Waals surface area contributed by atoms with Crippen LogP contribution in [0.4, 0.5) is 28.9 Å². The smallest absolute Gasteiger partial charge is 0.212 e. The normalized spacial score (nSPS) is 19.6. The van der Waals surface area contributed by atoms with Gasteiger partial charge < -0.3 is 52.9 Å². The Bertz CT molecular complexity index is 6050. The number of anilines is 1. The molecule has 0 unspecified atom stereocenters. The highest BCUT2D eigenvalue weighted by Crippen LogP contribution is 2.38. The van der Waals surface area contributed by atoms with Gasteiger partial charge >= 0.3 is 0 Å². The van der Waals surface area contributed by atoms with Crippen LogP contribution >= 0.6 is 0 Å². The van der Waals surface area contributed by atoms with Crippen molar-refractivity contribution < 1.29 is 36.5 Å². The predicted octanol–water partition coefficient (Wildman–Crippen LogP) is 17.6. The molecule has 708 valence electrons. The Labute approximate surface area is 792 Å². The van der Waals surface area contributed by atoms with E-state index in [1.807, 2.05) is 53.6 Å². The molecule has 0 atom stereocenters. The number of hydrogen-bond donors (Lipinski definition) is 6. The molecule has 10 heterocycles. The van der Waals surface area contributed by atoms with Gasteiger partial charge in [-0.2, -0.15) is 25.5 Å². The van der Waals surface area contributed by atoms with E-state index in [0.29, 0.717) is 155 Å². The van der Waals surface area contributed by atoms with E-state index in [9.17, 15) is 17.6 Å². The molecule has 35 heteroatoms. The Kier molecular flexibility index (Phi) is 32.9. The average molecular weight is 1860 g/mol. The molecule has 15 aromatic rings. The minimum Gasteiger partial charge on any atom is -0.489 e. The van der Waals surface area contributed by atoms with Crippen LogP contribution < -0.4 is 52.9 Å². The van der Waals surface area contributed by atoms with Crippen LogP contribution in [0.1, 0.15) is 134 Å². The van der Waals surface area contributed by atoms with Crippen LogP contribution in [0, 0.1) is 66.4 Å². The zero-order valence-electron chi connectivity index (χ0n) is 76.4. The zero-order valence-corrected chi connectivity index (χ0v) is 76.4. The summed E-state index contributed by atoms with van der Waals surface area (Å²) in [5.74, 6) is 3.18. The van der Waals surface area contributed by atoms with Crippen molar-refractivity contribution in [3.8, 4) is 108 Å². The quantitative estimate of drug-likeness (QED) is 0.0229. The van der Waals surface area contributed by atoms with Crippen LogP contribution in [0.3, 0.4) is 0 Å². The van der Waals surface area contributed by atoms with Gasteiger partial charge in [-0.05, 0) is 219 Å². The van der Waals surface area contributed by atoms with Gasteiger partial charge in [-0.3, -0.25) is 4.68 Å². The molecule has 5 saturated carbocycles. The van der Waals surface area contributed by atoms with Crippen molar-refractivity contribution >= 4 is 11.4 Å². The number of nitrogens with one attached hydrogen (secondary N) is 1. The first kappa shape index (κ1) is 95.7. The van der Waals surface area contributed by atoms with Gasteiger partial charge in [0.2, 0.25) is 5.69 Å². The van der Waals surface area contributed by atoms with E-state index in [1.165, 1.54) is 75.2 Å². The average Bonchev–Trinajstić information content (AvgIpc) is 1.68. The van der Waals surface area contributed by atoms with Gasteiger partial charge in [0.15, 0.2) is 34.6 Å². The molecule has 5 aliphatic rings. The number of halogens is 4. The number of para-hydroxylation sites is 6. The van der Waals surface area contributed by atoms with Gasteiger partial charge in [-0.25, -0.2) is 91.0 Å². The third kappa shape index (κ3) is 25.6. The molecule has 137 heavy (non-hydrogen) atoms. The summed E-state index contributed by atoms with van der Waals surface area (Å²) in [4.78, 5) is 46.0. The first-order valence-corrected chi connectivity index (χ1v) is 46.7.